The summed E-state index contributed by atoms with van der Waals surface area (Å²) in [6.07, 6.45) is 2.71. The third-order valence-electron chi connectivity index (χ3n) is 1.67. The Morgan fingerprint density at radius 2 is 2.11 bits per heavy atom. The van der Waals surface area contributed by atoms with Gasteiger partial charge in [0.2, 0.25) is 0 Å². The molecule has 0 fully saturated rings. The van der Waals surface area contributed by atoms with E-state index in [9.17, 15) is 0 Å². The van der Waals surface area contributed by atoms with E-state index in [-0.39, 0.29) is 0 Å². The van der Waals surface area contributed by atoms with Crippen LogP contribution in [0.2, 0.25) is 12.1 Å². The minimum absolute atomic E-state index is 0.648. The summed E-state index contributed by atoms with van der Waals surface area (Å²) in [6.45, 7) is 4.50. The molecule has 56 valence electrons. The van der Waals surface area contributed by atoms with Crippen LogP contribution in [-0.4, -0.2) is 19.5 Å². The first-order valence-electron chi connectivity index (χ1n) is 3.87. The van der Waals surface area contributed by atoms with E-state index in [1.165, 1.54) is 24.9 Å². The van der Waals surface area contributed by atoms with Crippen molar-refractivity contribution in [3.05, 3.63) is 0 Å². The van der Waals surface area contributed by atoms with Crippen molar-refractivity contribution in [2.45, 2.75) is 38.8 Å². The lowest BCUT2D eigenvalue weighted by atomic mass is 10.4. The molecule has 0 bridgehead atoms. The number of unbranched alkanes of at least 4 members (excludes halogenated alkanes) is 1. The molecule has 0 aliphatic rings. The molecule has 0 N–H and O–H groups in total. The molecule has 3 heteroatoms. The van der Waals surface area contributed by atoms with Gasteiger partial charge in [-0.2, -0.15) is 0 Å². The first-order chi connectivity index (χ1) is 4.35. The highest BCUT2D eigenvalue weighted by Crippen LogP contribution is 2.04. The Morgan fingerprint density at radius 3 is 2.44 bits per heavy atom. The normalized spacial score (nSPS) is 14.0. The second kappa shape index (κ2) is 6.51. The van der Waals surface area contributed by atoms with Gasteiger partial charge in [-0.05, 0) is 12.1 Å². The SMILES string of the molecule is CCCC[SiH](CC)O[SiH3]. The van der Waals surface area contributed by atoms with Gasteiger partial charge in [0.1, 0.15) is 10.5 Å². The average molecular weight is 162 g/mol. The summed E-state index contributed by atoms with van der Waals surface area (Å²) >= 11 is 0. The van der Waals surface area contributed by atoms with E-state index < -0.39 is 9.04 Å². The predicted octanol–water partition coefficient (Wildman–Crippen LogP) is 0.827. The highest BCUT2D eigenvalue weighted by Gasteiger charge is 2.03. The second-order valence-electron chi connectivity index (χ2n) is 2.41. The van der Waals surface area contributed by atoms with Crippen LogP contribution < -0.4 is 0 Å². The standard InChI is InChI=1S/C6H18OSi2/c1-3-5-6-9(4-2)7-8/h9H,3-6H2,1-2,8H3. The summed E-state index contributed by atoms with van der Waals surface area (Å²) in [5, 5.41) is 0. The summed E-state index contributed by atoms with van der Waals surface area (Å²) in [6, 6.07) is 2.72. The fraction of sp³-hybridized carbons (Fsp3) is 1.00. The average Bonchev–Trinajstić information content (AvgIpc) is 1.91. The minimum Gasteiger partial charge on any atom is -0.466 e. The Hall–Kier alpha value is 0.394. The molecule has 1 nitrogen and oxygen atoms in total. The van der Waals surface area contributed by atoms with Crippen LogP contribution in [0.3, 0.4) is 0 Å². The van der Waals surface area contributed by atoms with Gasteiger partial charge in [0.25, 0.3) is 0 Å². The molecule has 0 radical (unpaired) electrons. The number of rotatable bonds is 5. The third kappa shape index (κ3) is 4.87. The molecule has 0 amide bonds. The van der Waals surface area contributed by atoms with E-state index in [4.69, 9.17) is 4.12 Å². The molecule has 0 aromatic rings. The molecular weight excluding hydrogens is 144 g/mol. The molecule has 1 atom stereocenters. The van der Waals surface area contributed by atoms with Gasteiger partial charge in [0.15, 0.2) is 9.04 Å². The van der Waals surface area contributed by atoms with Gasteiger partial charge in [0, 0.05) is 0 Å². The Kier molecular flexibility index (Phi) is 6.80. The van der Waals surface area contributed by atoms with E-state index in [1.807, 2.05) is 0 Å². The second-order valence-corrected chi connectivity index (χ2v) is 6.93. The molecule has 0 rings (SSSR count). The third-order valence-corrected chi connectivity index (χ3v) is 6.30. The van der Waals surface area contributed by atoms with E-state index >= 15 is 0 Å². The molecule has 0 saturated carbocycles. The monoisotopic (exact) mass is 162 g/mol. The highest BCUT2D eigenvalue weighted by molar-refractivity contribution is 6.55. The summed E-state index contributed by atoms with van der Waals surface area (Å²) in [5.74, 6) is 0. The Balaban J connectivity index is 3.09. The molecule has 0 heterocycles. The van der Waals surface area contributed by atoms with Crippen molar-refractivity contribution in [2.75, 3.05) is 0 Å². The Morgan fingerprint density at radius 1 is 1.44 bits per heavy atom. The number of hydrogen-bond donors (Lipinski definition) is 0. The largest absolute Gasteiger partial charge is 0.466 e. The molecule has 9 heavy (non-hydrogen) atoms. The maximum atomic E-state index is 5.48. The van der Waals surface area contributed by atoms with E-state index in [0.29, 0.717) is 0 Å². The van der Waals surface area contributed by atoms with Crippen molar-refractivity contribution < 1.29 is 4.12 Å². The van der Waals surface area contributed by atoms with Crippen LogP contribution in [0.25, 0.3) is 0 Å². The van der Waals surface area contributed by atoms with Crippen LogP contribution >= 0.6 is 0 Å². The minimum atomic E-state index is -0.648. The molecule has 0 saturated heterocycles. The lowest BCUT2D eigenvalue weighted by molar-refractivity contribution is 0.618. The first kappa shape index (κ1) is 9.39. The summed E-state index contributed by atoms with van der Waals surface area (Å²) < 4.78 is 5.48. The predicted molar refractivity (Wildman–Crippen MR) is 48.4 cm³/mol. The molecule has 0 aliphatic carbocycles. The van der Waals surface area contributed by atoms with Crippen LogP contribution in [0.4, 0.5) is 0 Å². The van der Waals surface area contributed by atoms with Gasteiger partial charge in [-0.15, -0.1) is 0 Å². The molecule has 0 aliphatic heterocycles. The van der Waals surface area contributed by atoms with Gasteiger partial charge < -0.3 is 4.12 Å². The Bertz CT molecular complexity index is 55.0. The molecule has 0 spiro atoms. The van der Waals surface area contributed by atoms with Crippen molar-refractivity contribution in [3.8, 4) is 0 Å². The van der Waals surface area contributed by atoms with E-state index in [0.717, 1.165) is 10.5 Å². The van der Waals surface area contributed by atoms with Crippen molar-refractivity contribution in [1.82, 2.24) is 0 Å². The maximum Gasteiger partial charge on any atom is 0.162 e. The van der Waals surface area contributed by atoms with Gasteiger partial charge >= 0.3 is 0 Å². The summed E-state index contributed by atoms with van der Waals surface area (Å²) in [7, 11) is 0.312. The summed E-state index contributed by atoms with van der Waals surface area (Å²) in [4.78, 5) is 0. The van der Waals surface area contributed by atoms with Gasteiger partial charge in [0.05, 0.1) is 0 Å². The molecular formula is C6H18OSi2. The zero-order chi connectivity index (χ0) is 7.11. The fourth-order valence-corrected chi connectivity index (χ4v) is 4.47. The zero-order valence-corrected chi connectivity index (χ0v) is 9.97. The van der Waals surface area contributed by atoms with Crippen LogP contribution in [0.5, 0.6) is 0 Å². The van der Waals surface area contributed by atoms with Crippen LogP contribution in [0.1, 0.15) is 26.7 Å². The lowest BCUT2D eigenvalue weighted by Gasteiger charge is -2.09. The van der Waals surface area contributed by atoms with E-state index in [2.05, 4.69) is 13.8 Å². The van der Waals surface area contributed by atoms with E-state index in [1.54, 1.807) is 0 Å². The molecule has 0 aromatic heterocycles. The van der Waals surface area contributed by atoms with Gasteiger partial charge in [-0.3, -0.25) is 0 Å². The van der Waals surface area contributed by atoms with Gasteiger partial charge in [-0.1, -0.05) is 26.7 Å². The Labute approximate surface area is 63.1 Å². The highest BCUT2D eigenvalue weighted by atomic mass is 28.3. The van der Waals surface area contributed by atoms with Crippen molar-refractivity contribution in [3.63, 3.8) is 0 Å². The van der Waals surface area contributed by atoms with Crippen LogP contribution in [0.15, 0.2) is 0 Å². The van der Waals surface area contributed by atoms with Crippen molar-refractivity contribution >= 4 is 19.5 Å². The quantitative estimate of drug-likeness (QED) is 0.544. The summed E-state index contributed by atoms with van der Waals surface area (Å²) in [5.41, 5.74) is 0. The van der Waals surface area contributed by atoms with Gasteiger partial charge in [-0.25, -0.2) is 0 Å². The lowest BCUT2D eigenvalue weighted by Crippen LogP contribution is -2.13. The molecule has 1 unspecified atom stereocenters. The maximum absolute atomic E-state index is 5.48. The first-order valence-corrected chi connectivity index (χ1v) is 6.80. The van der Waals surface area contributed by atoms with Crippen molar-refractivity contribution in [2.24, 2.45) is 0 Å². The zero-order valence-electron chi connectivity index (χ0n) is 6.81. The smallest absolute Gasteiger partial charge is 0.162 e. The van der Waals surface area contributed by atoms with Crippen LogP contribution in [-0.2, 0) is 4.12 Å². The topological polar surface area (TPSA) is 9.23 Å². The van der Waals surface area contributed by atoms with Crippen molar-refractivity contribution in [1.29, 1.82) is 0 Å². The van der Waals surface area contributed by atoms with Crippen LogP contribution in [0, 0.1) is 0 Å². The molecule has 0 aromatic carbocycles. The fourth-order valence-electron chi connectivity index (χ4n) is 0.920. The number of hydrogen-bond acceptors (Lipinski definition) is 1.